The fourth-order valence-electron chi connectivity index (χ4n) is 2.51. The molecule has 134 valence electrons. The van der Waals surface area contributed by atoms with Crippen LogP contribution < -0.4 is 10.1 Å². The third-order valence-electron chi connectivity index (χ3n) is 4.08. The quantitative estimate of drug-likeness (QED) is 0.674. The van der Waals surface area contributed by atoms with Gasteiger partial charge in [-0.25, -0.2) is 0 Å². The van der Waals surface area contributed by atoms with Gasteiger partial charge in [0, 0.05) is 5.56 Å². The van der Waals surface area contributed by atoms with Crippen molar-refractivity contribution in [2.24, 2.45) is 0 Å². The highest BCUT2D eigenvalue weighted by Crippen LogP contribution is 2.25. The zero-order chi connectivity index (χ0) is 18.7. The van der Waals surface area contributed by atoms with Gasteiger partial charge >= 0.3 is 0 Å². The van der Waals surface area contributed by atoms with Gasteiger partial charge in [0.25, 0.3) is 5.91 Å². The van der Waals surface area contributed by atoms with Crippen molar-refractivity contribution in [3.63, 3.8) is 0 Å². The van der Waals surface area contributed by atoms with Crippen LogP contribution >= 0.6 is 0 Å². The van der Waals surface area contributed by atoms with Crippen molar-refractivity contribution in [1.29, 1.82) is 0 Å². The maximum atomic E-state index is 12.3. The third-order valence-corrected chi connectivity index (χ3v) is 4.08. The summed E-state index contributed by atoms with van der Waals surface area (Å²) in [5.74, 6) is 1.11. The lowest BCUT2D eigenvalue weighted by atomic mass is 10.1. The number of carbonyl (C=O) groups is 1. The van der Waals surface area contributed by atoms with Gasteiger partial charge in [-0.1, -0.05) is 11.2 Å². The molecule has 0 fully saturated rings. The number of anilines is 1. The Bertz CT molecular complexity index is 910. The number of aryl methyl sites for hydroxylation is 3. The summed E-state index contributed by atoms with van der Waals surface area (Å²) in [6, 6.07) is 11.9. The summed E-state index contributed by atoms with van der Waals surface area (Å²) in [7, 11) is 0. The van der Waals surface area contributed by atoms with Crippen molar-refractivity contribution in [1.82, 2.24) is 5.16 Å². The molecule has 0 aliphatic heterocycles. The number of amides is 1. The van der Waals surface area contributed by atoms with E-state index in [0.717, 1.165) is 22.6 Å². The van der Waals surface area contributed by atoms with Gasteiger partial charge in [-0.3, -0.25) is 4.79 Å². The Kier molecular flexibility index (Phi) is 4.93. The molecule has 6 heteroatoms. The number of carbonyl (C=O) groups excluding carboxylic acids is 1. The summed E-state index contributed by atoms with van der Waals surface area (Å²) in [4.78, 5) is 12.3. The number of ether oxygens (including phenoxy) is 1. The van der Waals surface area contributed by atoms with Gasteiger partial charge in [-0.2, -0.15) is 0 Å². The predicted molar refractivity (Wildman–Crippen MR) is 97.5 cm³/mol. The minimum Gasteiger partial charge on any atom is -0.506 e. The molecule has 0 unspecified atom stereocenters. The van der Waals surface area contributed by atoms with Gasteiger partial charge in [0.2, 0.25) is 0 Å². The van der Waals surface area contributed by atoms with Gasteiger partial charge in [0.15, 0.2) is 0 Å². The number of hydrogen-bond acceptors (Lipinski definition) is 5. The third kappa shape index (κ3) is 3.85. The van der Waals surface area contributed by atoms with Gasteiger partial charge in [0.05, 0.1) is 16.9 Å². The molecule has 26 heavy (non-hydrogen) atoms. The van der Waals surface area contributed by atoms with Crippen molar-refractivity contribution >= 4 is 11.6 Å². The first-order valence-electron chi connectivity index (χ1n) is 8.19. The molecule has 1 amide bonds. The molecule has 0 aliphatic rings. The van der Waals surface area contributed by atoms with Crippen LogP contribution in [0.15, 0.2) is 47.0 Å². The maximum absolute atomic E-state index is 12.3. The van der Waals surface area contributed by atoms with Gasteiger partial charge < -0.3 is 19.7 Å². The SMILES string of the molecule is Cc1ccc(NC(=O)c2ccc(OCc3c(C)noc3C)cc2)c(O)c1. The number of rotatable bonds is 5. The zero-order valence-electron chi connectivity index (χ0n) is 14.9. The number of nitrogens with one attached hydrogen (secondary N) is 1. The lowest BCUT2D eigenvalue weighted by Crippen LogP contribution is -2.12. The second kappa shape index (κ2) is 7.31. The van der Waals surface area contributed by atoms with Crippen LogP contribution in [0, 0.1) is 20.8 Å². The van der Waals surface area contributed by atoms with Crippen LogP contribution in [0.3, 0.4) is 0 Å². The number of aromatic hydroxyl groups is 1. The van der Waals surface area contributed by atoms with Crippen LogP contribution in [0.1, 0.15) is 32.9 Å². The summed E-state index contributed by atoms with van der Waals surface area (Å²) in [5.41, 5.74) is 3.48. The van der Waals surface area contributed by atoms with E-state index < -0.39 is 0 Å². The first-order chi connectivity index (χ1) is 12.4. The largest absolute Gasteiger partial charge is 0.506 e. The number of benzene rings is 2. The molecule has 2 N–H and O–H groups in total. The van der Waals surface area contributed by atoms with Crippen molar-refractivity contribution in [3.05, 3.63) is 70.6 Å². The van der Waals surface area contributed by atoms with Crippen molar-refractivity contribution in [2.45, 2.75) is 27.4 Å². The minimum absolute atomic E-state index is 0.0396. The Morgan fingerprint density at radius 3 is 2.50 bits per heavy atom. The summed E-state index contributed by atoms with van der Waals surface area (Å²) in [6.07, 6.45) is 0. The van der Waals surface area contributed by atoms with E-state index in [1.54, 1.807) is 36.4 Å². The van der Waals surface area contributed by atoms with Crippen LogP contribution in [0.2, 0.25) is 0 Å². The number of hydrogen-bond donors (Lipinski definition) is 2. The second-order valence-electron chi connectivity index (χ2n) is 6.09. The van der Waals surface area contributed by atoms with E-state index in [0.29, 0.717) is 23.6 Å². The Hall–Kier alpha value is -3.28. The molecule has 3 aromatic rings. The fraction of sp³-hybridized carbons (Fsp3) is 0.200. The fourth-order valence-corrected chi connectivity index (χ4v) is 2.51. The summed E-state index contributed by atoms with van der Waals surface area (Å²) in [6.45, 7) is 5.92. The molecule has 0 spiro atoms. The average molecular weight is 352 g/mol. The molecule has 0 radical (unpaired) electrons. The lowest BCUT2D eigenvalue weighted by Gasteiger charge is -2.09. The van der Waals surface area contributed by atoms with E-state index in [9.17, 15) is 9.90 Å². The molecule has 0 aliphatic carbocycles. The Morgan fingerprint density at radius 2 is 1.88 bits per heavy atom. The normalized spacial score (nSPS) is 10.6. The van der Waals surface area contributed by atoms with E-state index in [1.807, 2.05) is 26.8 Å². The van der Waals surface area contributed by atoms with Crippen LogP contribution in [0.4, 0.5) is 5.69 Å². The highest BCUT2D eigenvalue weighted by Gasteiger charge is 2.11. The van der Waals surface area contributed by atoms with Gasteiger partial charge in [0.1, 0.15) is 23.9 Å². The molecule has 0 bridgehead atoms. The van der Waals surface area contributed by atoms with Crippen LogP contribution in [0.5, 0.6) is 11.5 Å². The molecule has 0 atom stereocenters. The Balaban J connectivity index is 1.64. The van der Waals surface area contributed by atoms with Crippen LogP contribution in [-0.2, 0) is 6.61 Å². The maximum Gasteiger partial charge on any atom is 0.255 e. The van der Waals surface area contributed by atoms with Crippen molar-refractivity contribution < 1.29 is 19.2 Å². The van der Waals surface area contributed by atoms with Crippen molar-refractivity contribution in [2.75, 3.05) is 5.32 Å². The molecule has 2 aromatic carbocycles. The number of phenolic OH excluding ortho intramolecular Hbond substituents is 1. The molecule has 6 nitrogen and oxygen atoms in total. The molecule has 1 heterocycles. The molecule has 1 aromatic heterocycles. The first-order valence-corrected chi connectivity index (χ1v) is 8.19. The number of phenols is 1. The molecular weight excluding hydrogens is 332 g/mol. The monoisotopic (exact) mass is 352 g/mol. The second-order valence-corrected chi connectivity index (χ2v) is 6.09. The predicted octanol–water partition coefficient (Wildman–Crippen LogP) is 4.14. The molecular formula is C20H20N2O4. The van der Waals surface area contributed by atoms with Crippen LogP contribution in [-0.4, -0.2) is 16.2 Å². The van der Waals surface area contributed by atoms with E-state index in [1.165, 1.54) is 0 Å². The minimum atomic E-state index is -0.304. The molecule has 0 saturated heterocycles. The van der Waals surface area contributed by atoms with Crippen molar-refractivity contribution in [3.8, 4) is 11.5 Å². The zero-order valence-corrected chi connectivity index (χ0v) is 14.9. The highest BCUT2D eigenvalue weighted by atomic mass is 16.5. The topological polar surface area (TPSA) is 84.6 Å². The highest BCUT2D eigenvalue weighted by molar-refractivity contribution is 6.05. The van der Waals surface area contributed by atoms with E-state index in [-0.39, 0.29) is 11.7 Å². The molecule has 0 saturated carbocycles. The van der Waals surface area contributed by atoms with Gasteiger partial charge in [-0.15, -0.1) is 0 Å². The Morgan fingerprint density at radius 1 is 1.15 bits per heavy atom. The van der Waals surface area contributed by atoms with E-state index in [2.05, 4.69) is 10.5 Å². The summed E-state index contributed by atoms with van der Waals surface area (Å²) in [5, 5.41) is 16.5. The first kappa shape index (κ1) is 17.5. The van der Waals surface area contributed by atoms with Gasteiger partial charge in [-0.05, 0) is 62.7 Å². The number of aromatic nitrogens is 1. The Labute approximate surface area is 151 Å². The van der Waals surface area contributed by atoms with Crippen LogP contribution in [0.25, 0.3) is 0 Å². The smallest absolute Gasteiger partial charge is 0.255 e. The average Bonchev–Trinajstić information content (AvgIpc) is 2.94. The molecule has 3 rings (SSSR count). The van der Waals surface area contributed by atoms with E-state index >= 15 is 0 Å². The lowest BCUT2D eigenvalue weighted by molar-refractivity contribution is 0.102. The summed E-state index contributed by atoms with van der Waals surface area (Å²) < 4.78 is 10.8. The van der Waals surface area contributed by atoms with E-state index in [4.69, 9.17) is 9.26 Å². The standard InChI is InChI=1S/C20H20N2O4/c1-12-4-9-18(19(23)10-12)21-20(24)15-5-7-16(8-6-15)25-11-17-13(2)22-26-14(17)3/h4-10,23H,11H2,1-3H3,(H,21,24). The summed E-state index contributed by atoms with van der Waals surface area (Å²) >= 11 is 0. The number of nitrogens with zero attached hydrogens (tertiary/aromatic N) is 1.